The number of aromatic nitrogens is 2. The van der Waals surface area contributed by atoms with Crippen molar-refractivity contribution in [1.29, 1.82) is 0 Å². The lowest BCUT2D eigenvalue weighted by atomic mass is 10.3. The van der Waals surface area contributed by atoms with Crippen molar-refractivity contribution in [3.8, 4) is 5.75 Å². The van der Waals surface area contributed by atoms with Crippen LogP contribution in [0.15, 0.2) is 34.9 Å². The molecule has 1 aromatic carbocycles. The second kappa shape index (κ2) is 8.89. The molecule has 23 heavy (non-hydrogen) atoms. The molecule has 0 saturated carbocycles. The van der Waals surface area contributed by atoms with Crippen LogP contribution < -0.4 is 4.74 Å². The van der Waals surface area contributed by atoms with Crippen molar-refractivity contribution in [2.24, 2.45) is 0 Å². The fourth-order valence-electron chi connectivity index (χ4n) is 1.95. The Kier molecular flexibility index (Phi) is 6.56. The van der Waals surface area contributed by atoms with Gasteiger partial charge in [0.1, 0.15) is 5.75 Å². The molecule has 1 aromatic heterocycles. The second-order valence-electron chi connectivity index (χ2n) is 4.99. The van der Waals surface area contributed by atoms with Gasteiger partial charge >= 0.3 is 5.97 Å². The van der Waals surface area contributed by atoms with E-state index in [0.717, 1.165) is 18.7 Å². The molecule has 2 rings (SSSR count). The van der Waals surface area contributed by atoms with Gasteiger partial charge in [-0.05, 0) is 37.7 Å². The van der Waals surface area contributed by atoms with Crippen LogP contribution in [0.1, 0.15) is 29.9 Å². The van der Waals surface area contributed by atoms with E-state index < -0.39 is 5.97 Å². The van der Waals surface area contributed by atoms with Gasteiger partial charge in [-0.2, -0.15) is 4.98 Å². The van der Waals surface area contributed by atoms with Crippen molar-refractivity contribution >= 4 is 5.97 Å². The Morgan fingerprint density at radius 2 is 2.09 bits per heavy atom. The van der Waals surface area contributed by atoms with Crippen LogP contribution in [-0.4, -0.2) is 47.8 Å². The molecule has 0 bridgehead atoms. The molecular weight excluding hydrogens is 298 g/mol. The molecule has 0 aliphatic heterocycles. The lowest BCUT2D eigenvalue weighted by Crippen LogP contribution is -2.21. The number of esters is 1. The average Bonchev–Trinajstić information content (AvgIpc) is 3.01. The van der Waals surface area contributed by atoms with E-state index >= 15 is 0 Å². The Morgan fingerprint density at radius 1 is 1.30 bits per heavy atom. The van der Waals surface area contributed by atoms with Gasteiger partial charge in [0.25, 0.3) is 5.82 Å². The first kappa shape index (κ1) is 17.0. The number of nitrogens with zero attached hydrogens (tertiary/aromatic N) is 3. The third kappa shape index (κ3) is 5.71. The minimum Gasteiger partial charge on any atom is -0.494 e. The standard InChI is InChI=1S/C16H21N3O4/c1-3-21-16(20)15-17-14(23-18-15)12-19(2)10-7-11-22-13-8-5-4-6-9-13/h4-6,8-9H,3,7,10-12H2,1-2H3. The van der Waals surface area contributed by atoms with E-state index in [2.05, 4.69) is 10.1 Å². The molecule has 0 atom stereocenters. The summed E-state index contributed by atoms with van der Waals surface area (Å²) in [5.41, 5.74) is 0. The fraction of sp³-hybridized carbons (Fsp3) is 0.438. The van der Waals surface area contributed by atoms with Gasteiger partial charge < -0.3 is 14.0 Å². The van der Waals surface area contributed by atoms with Gasteiger partial charge in [0, 0.05) is 6.54 Å². The van der Waals surface area contributed by atoms with Gasteiger partial charge in [-0.15, -0.1) is 0 Å². The van der Waals surface area contributed by atoms with E-state index in [9.17, 15) is 4.79 Å². The molecular formula is C16H21N3O4. The number of carbonyl (C=O) groups excluding carboxylic acids is 1. The van der Waals surface area contributed by atoms with E-state index in [1.54, 1.807) is 6.92 Å². The van der Waals surface area contributed by atoms with Crippen molar-refractivity contribution in [3.63, 3.8) is 0 Å². The van der Waals surface area contributed by atoms with Crippen molar-refractivity contribution in [3.05, 3.63) is 42.0 Å². The van der Waals surface area contributed by atoms with Crippen molar-refractivity contribution < 1.29 is 18.8 Å². The number of ether oxygens (including phenoxy) is 2. The van der Waals surface area contributed by atoms with Crippen LogP contribution in [0.2, 0.25) is 0 Å². The summed E-state index contributed by atoms with van der Waals surface area (Å²) in [5.74, 6) is 0.648. The first-order valence-corrected chi connectivity index (χ1v) is 7.55. The maximum atomic E-state index is 11.5. The average molecular weight is 319 g/mol. The molecule has 0 spiro atoms. The normalized spacial score (nSPS) is 10.7. The smallest absolute Gasteiger partial charge is 0.379 e. The number of hydrogen-bond acceptors (Lipinski definition) is 7. The predicted octanol–water partition coefficient (Wildman–Crippen LogP) is 2.15. The van der Waals surface area contributed by atoms with Crippen molar-refractivity contribution in [2.45, 2.75) is 19.9 Å². The lowest BCUT2D eigenvalue weighted by Gasteiger charge is -2.14. The van der Waals surface area contributed by atoms with E-state index in [4.69, 9.17) is 14.0 Å². The second-order valence-corrected chi connectivity index (χ2v) is 4.99. The quantitative estimate of drug-likeness (QED) is 0.517. The van der Waals surface area contributed by atoms with Gasteiger partial charge in [0.05, 0.1) is 19.8 Å². The number of para-hydroxylation sites is 1. The number of benzene rings is 1. The van der Waals surface area contributed by atoms with Gasteiger partial charge in [-0.25, -0.2) is 4.79 Å². The Hall–Kier alpha value is -2.41. The van der Waals surface area contributed by atoms with E-state index in [1.807, 2.05) is 42.3 Å². The molecule has 1 heterocycles. The highest BCUT2D eigenvalue weighted by molar-refractivity contribution is 5.84. The Morgan fingerprint density at radius 3 is 2.83 bits per heavy atom. The number of carbonyl (C=O) groups is 1. The highest BCUT2D eigenvalue weighted by Crippen LogP contribution is 2.09. The summed E-state index contributed by atoms with van der Waals surface area (Å²) in [6, 6.07) is 9.70. The molecule has 2 aromatic rings. The molecule has 0 fully saturated rings. The van der Waals surface area contributed by atoms with Crippen LogP contribution in [0.5, 0.6) is 5.75 Å². The van der Waals surface area contributed by atoms with Crippen LogP contribution in [0.3, 0.4) is 0 Å². The van der Waals surface area contributed by atoms with E-state index in [0.29, 0.717) is 19.0 Å². The summed E-state index contributed by atoms with van der Waals surface area (Å²) in [6.45, 7) is 3.92. The summed E-state index contributed by atoms with van der Waals surface area (Å²) in [4.78, 5) is 17.5. The van der Waals surface area contributed by atoms with Crippen molar-refractivity contribution in [1.82, 2.24) is 15.0 Å². The highest BCUT2D eigenvalue weighted by atomic mass is 16.5. The molecule has 0 N–H and O–H groups in total. The molecule has 0 saturated heterocycles. The maximum Gasteiger partial charge on any atom is 0.379 e. The molecule has 7 nitrogen and oxygen atoms in total. The van der Waals surface area contributed by atoms with Crippen molar-refractivity contribution in [2.75, 3.05) is 26.8 Å². The maximum absolute atomic E-state index is 11.5. The fourth-order valence-corrected chi connectivity index (χ4v) is 1.95. The van der Waals surface area contributed by atoms with Gasteiger partial charge in [0.15, 0.2) is 0 Å². The first-order chi connectivity index (χ1) is 11.2. The summed E-state index contributed by atoms with van der Waals surface area (Å²) < 4.78 is 15.5. The minimum atomic E-state index is -0.568. The zero-order valence-electron chi connectivity index (χ0n) is 13.4. The van der Waals surface area contributed by atoms with Crippen LogP contribution in [0, 0.1) is 0 Å². The third-order valence-electron chi connectivity index (χ3n) is 3.03. The number of rotatable bonds is 9. The topological polar surface area (TPSA) is 77.7 Å². The number of hydrogen-bond donors (Lipinski definition) is 0. The molecule has 0 aliphatic carbocycles. The molecule has 124 valence electrons. The largest absolute Gasteiger partial charge is 0.494 e. The summed E-state index contributed by atoms with van der Waals surface area (Å²) >= 11 is 0. The predicted molar refractivity (Wildman–Crippen MR) is 83.1 cm³/mol. The highest BCUT2D eigenvalue weighted by Gasteiger charge is 2.16. The Labute approximate surface area is 135 Å². The van der Waals surface area contributed by atoms with Crippen LogP contribution in [-0.2, 0) is 11.3 Å². The van der Waals surface area contributed by atoms with E-state index in [-0.39, 0.29) is 12.4 Å². The van der Waals surface area contributed by atoms with E-state index in [1.165, 1.54) is 0 Å². The van der Waals surface area contributed by atoms with Gasteiger partial charge in [0.2, 0.25) is 5.89 Å². The van der Waals surface area contributed by atoms with Gasteiger partial charge in [-0.3, -0.25) is 4.90 Å². The van der Waals surface area contributed by atoms with Crippen LogP contribution >= 0.6 is 0 Å². The lowest BCUT2D eigenvalue weighted by molar-refractivity contribution is 0.0508. The first-order valence-electron chi connectivity index (χ1n) is 7.55. The molecule has 0 amide bonds. The van der Waals surface area contributed by atoms with Crippen LogP contribution in [0.25, 0.3) is 0 Å². The molecule has 0 unspecified atom stereocenters. The molecule has 7 heteroatoms. The monoisotopic (exact) mass is 319 g/mol. The third-order valence-corrected chi connectivity index (χ3v) is 3.03. The Bertz CT molecular complexity index is 600. The zero-order valence-corrected chi connectivity index (χ0v) is 13.4. The molecule has 0 aliphatic rings. The van der Waals surface area contributed by atoms with Gasteiger partial charge in [-0.1, -0.05) is 18.2 Å². The van der Waals surface area contributed by atoms with Crippen LogP contribution in [0.4, 0.5) is 0 Å². The SMILES string of the molecule is CCOC(=O)c1noc(CN(C)CCCOc2ccccc2)n1. The zero-order chi connectivity index (χ0) is 16.5. The summed E-state index contributed by atoms with van der Waals surface area (Å²) in [6.07, 6.45) is 0.865. The summed E-state index contributed by atoms with van der Waals surface area (Å²) in [7, 11) is 1.94. The molecule has 0 radical (unpaired) electrons. The Balaban J connectivity index is 1.68. The summed E-state index contributed by atoms with van der Waals surface area (Å²) in [5, 5.41) is 3.61. The minimum absolute atomic E-state index is 0.0392.